The molecule has 0 radical (unpaired) electrons. The van der Waals surface area contributed by atoms with Gasteiger partial charge in [0, 0.05) is 19.1 Å². The van der Waals surface area contributed by atoms with Crippen LogP contribution in [0.15, 0.2) is 18.2 Å². The Bertz CT molecular complexity index is 618. The minimum atomic E-state index is -1.33. The number of nitrogens with one attached hydrogen (secondary N) is 1. The summed E-state index contributed by atoms with van der Waals surface area (Å²) in [5, 5.41) is 23.5. The molecular weight excluding hydrogens is 389 g/mol. The Balaban J connectivity index is 1.92. The van der Waals surface area contributed by atoms with Crippen molar-refractivity contribution in [3.63, 3.8) is 0 Å². The molecule has 0 unspecified atom stereocenters. The number of rotatable bonds is 7. The van der Waals surface area contributed by atoms with Crippen molar-refractivity contribution in [2.24, 2.45) is 0 Å². The molecule has 5 atom stereocenters. The van der Waals surface area contributed by atoms with Crippen molar-refractivity contribution in [2.45, 2.75) is 37.8 Å². The third-order valence-electron chi connectivity index (χ3n) is 3.68. The number of ether oxygens (including phenoxy) is 4. The zero-order valence-corrected chi connectivity index (χ0v) is 15.7. The van der Waals surface area contributed by atoms with Gasteiger partial charge in [-0.05, 0) is 18.2 Å². The van der Waals surface area contributed by atoms with Crippen LogP contribution in [0.4, 0.5) is 0 Å². The van der Waals surface area contributed by atoms with E-state index < -0.39 is 36.7 Å². The van der Waals surface area contributed by atoms with Gasteiger partial charge in [0.15, 0.2) is 12.6 Å². The van der Waals surface area contributed by atoms with Crippen LogP contribution in [-0.2, 0) is 19.0 Å². The Morgan fingerprint density at radius 3 is 2.58 bits per heavy atom. The molecule has 1 aliphatic heterocycles. The third kappa shape index (κ3) is 5.43. The van der Waals surface area contributed by atoms with E-state index >= 15 is 0 Å². The van der Waals surface area contributed by atoms with Crippen LogP contribution in [0.1, 0.15) is 6.92 Å². The van der Waals surface area contributed by atoms with E-state index in [1.807, 2.05) is 0 Å². The average molecular weight is 410 g/mol. The monoisotopic (exact) mass is 409 g/mol. The summed E-state index contributed by atoms with van der Waals surface area (Å²) >= 11 is 11.8. The van der Waals surface area contributed by atoms with E-state index in [2.05, 4.69) is 5.32 Å². The standard InChI is InChI=1S/C16H21Cl2NO7/c1-8(20)19-12-13(21)14(22)16(23-2)26-15(12)25-6-5-24-11-4-3-9(17)7-10(11)18/h3-4,7,12-16,21-22H,5-6H2,1-2H3,(H,19,20)/t12-,13-,14-,15+,16+/m1/s1. The minimum Gasteiger partial charge on any atom is -0.490 e. The first-order valence-corrected chi connectivity index (χ1v) is 8.60. The molecule has 1 amide bonds. The van der Waals surface area contributed by atoms with E-state index in [4.69, 9.17) is 42.1 Å². The highest BCUT2D eigenvalue weighted by Gasteiger charge is 2.45. The molecule has 10 heteroatoms. The lowest BCUT2D eigenvalue weighted by molar-refractivity contribution is -0.322. The van der Waals surface area contributed by atoms with Gasteiger partial charge in [-0.2, -0.15) is 0 Å². The molecule has 1 heterocycles. The number of methoxy groups -OCH3 is 1. The Hall–Kier alpha value is -1.13. The fourth-order valence-corrected chi connectivity index (χ4v) is 2.93. The highest BCUT2D eigenvalue weighted by molar-refractivity contribution is 6.35. The van der Waals surface area contributed by atoms with Gasteiger partial charge >= 0.3 is 0 Å². The highest BCUT2D eigenvalue weighted by Crippen LogP contribution is 2.27. The molecule has 8 nitrogen and oxygen atoms in total. The number of carbonyl (C=O) groups is 1. The Morgan fingerprint density at radius 1 is 1.23 bits per heavy atom. The summed E-state index contributed by atoms with van der Waals surface area (Å²) in [6.45, 7) is 1.48. The van der Waals surface area contributed by atoms with Crippen LogP contribution in [0.3, 0.4) is 0 Å². The van der Waals surface area contributed by atoms with E-state index in [1.165, 1.54) is 14.0 Å². The molecule has 0 aliphatic carbocycles. The van der Waals surface area contributed by atoms with E-state index in [1.54, 1.807) is 18.2 Å². The number of amides is 1. The second kappa shape index (κ2) is 9.70. The van der Waals surface area contributed by atoms with Crippen LogP contribution >= 0.6 is 23.2 Å². The second-order valence-corrected chi connectivity index (χ2v) is 6.45. The molecule has 0 aromatic heterocycles. The second-order valence-electron chi connectivity index (χ2n) is 5.61. The molecular formula is C16H21Cl2NO7. The van der Waals surface area contributed by atoms with E-state index in [9.17, 15) is 15.0 Å². The van der Waals surface area contributed by atoms with Crippen LogP contribution in [0.5, 0.6) is 5.75 Å². The number of benzene rings is 1. The molecule has 1 aliphatic rings. The van der Waals surface area contributed by atoms with Gasteiger partial charge in [-0.1, -0.05) is 23.2 Å². The maximum Gasteiger partial charge on any atom is 0.217 e. The first-order valence-electron chi connectivity index (χ1n) is 7.84. The molecule has 0 spiro atoms. The number of aliphatic hydroxyl groups is 2. The Kier molecular flexibility index (Phi) is 7.90. The zero-order chi connectivity index (χ0) is 19.3. The summed E-state index contributed by atoms with van der Waals surface area (Å²) in [7, 11) is 1.32. The average Bonchev–Trinajstić information content (AvgIpc) is 2.58. The van der Waals surface area contributed by atoms with Gasteiger partial charge in [0.2, 0.25) is 5.91 Å². The molecule has 0 saturated carbocycles. The fraction of sp³-hybridized carbons (Fsp3) is 0.562. The quantitative estimate of drug-likeness (QED) is 0.575. The van der Waals surface area contributed by atoms with Crippen molar-refractivity contribution in [3.05, 3.63) is 28.2 Å². The SMILES string of the molecule is CO[C@H]1O[C@H](OCCOc2ccc(Cl)cc2Cl)[C@H](NC(C)=O)[C@@H](O)[C@H]1O. The van der Waals surface area contributed by atoms with Crippen LogP contribution in [-0.4, -0.2) is 67.3 Å². The number of hydrogen-bond donors (Lipinski definition) is 3. The van der Waals surface area contributed by atoms with Crippen LogP contribution in [0, 0.1) is 0 Å². The predicted octanol–water partition coefficient (Wildman–Crippen LogP) is 0.944. The van der Waals surface area contributed by atoms with Gasteiger partial charge in [0.05, 0.1) is 11.6 Å². The molecule has 1 aromatic carbocycles. The van der Waals surface area contributed by atoms with Gasteiger partial charge in [-0.15, -0.1) is 0 Å². The maximum atomic E-state index is 11.3. The zero-order valence-electron chi connectivity index (χ0n) is 14.2. The molecule has 2 rings (SSSR count). The fourth-order valence-electron chi connectivity index (χ4n) is 2.47. The van der Waals surface area contributed by atoms with Gasteiger partial charge in [0.1, 0.15) is 30.6 Å². The summed E-state index contributed by atoms with van der Waals surface area (Å²) < 4.78 is 21.5. The first-order chi connectivity index (χ1) is 12.3. The molecule has 1 fully saturated rings. The van der Waals surface area contributed by atoms with Crippen LogP contribution in [0.2, 0.25) is 10.0 Å². The lowest BCUT2D eigenvalue weighted by Gasteiger charge is -2.41. The summed E-state index contributed by atoms with van der Waals surface area (Å²) in [4.78, 5) is 11.3. The van der Waals surface area contributed by atoms with Gasteiger partial charge in [0.25, 0.3) is 0 Å². The lowest BCUT2D eigenvalue weighted by atomic mass is 10.0. The molecule has 1 saturated heterocycles. The minimum absolute atomic E-state index is 0.0684. The van der Waals surface area contributed by atoms with Crippen molar-refractivity contribution < 1.29 is 34.0 Å². The van der Waals surface area contributed by atoms with Gasteiger partial charge in [-0.3, -0.25) is 4.79 Å². The molecule has 146 valence electrons. The van der Waals surface area contributed by atoms with E-state index in [0.29, 0.717) is 15.8 Å². The summed E-state index contributed by atoms with van der Waals surface area (Å²) in [5.41, 5.74) is 0. The smallest absolute Gasteiger partial charge is 0.217 e. The summed E-state index contributed by atoms with van der Waals surface area (Å²) in [6, 6.07) is 3.86. The van der Waals surface area contributed by atoms with E-state index in [-0.39, 0.29) is 13.2 Å². The van der Waals surface area contributed by atoms with Crippen LogP contribution in [0.25, 0.3) is 0 Å². The number of aliphatic hydroxyl groups excluding tert-OH is 2. The summed E-state index contributed by atoms with van der Waals surface area (Å²) in [6.07, 6.45) is -4.78. The van der Waals surface area contributed by atoms with E-state index in [0.717, 1.165) is 0 Å². The molecule has 1 aromatic rings. The molecule has 26 heavy (non-hydrogen) atoms. The number of halogens is 2. The first kappa shape index (κ1) is 21.2. The van der Waals surface area contributed by atoms with Crippen molar-refractivity contribution in [1.29, 1.82) is 0 Å². The number of carbonyl (C=O) groups excluding carboxylic acids is 1. The lowest BCUT2D eigenvalue weighted by Crippen LogP contribution is -2.64. The van der Waals surface area contributed by atoms with Gasteiger partial charge in [-0.25, -0.2) is 0 Å². The Labute approximate surface area is 160 Å². The van der Waals surface area contributed by atoms with Crippen molar-refractivity contribution in [1.82, 2.24) is 5.32 Å². The third-order valence-corrected chi connectivity index (χ3v) is 4.21. The van der Waals surface area contributed by atoms with Crippen LogP contribution < -0.4 is 10.1 Å². The van der Waals surface area contributed by atoms with Gasteiger partial charge < -0.3 is 34.5 Å². The number of hydrogen-bond acceptors (Lipinski definition) is 7. The normalized spacial score (nSPS) is 28.6. The predicted molar refractivity (Wildman–Crippen MR) is 93.2 cm³/mol. The largest absolute Gasteiger partial charge is 0.490 e. The highest BCUT2D eigenvalue weighted by atomic mass is 35.5. The topological polar surface area (TPSA) is 106 Å². The van der Waals surface area contributed by atoms with Crippen molar-refractivity contribution in [3.8, 4) is 5.75 Å². The Morgan fingerprint density at radius 2 is 1.96 bits per heavy atom. The van der Waals surface area contributed by atoms with Crippen molar-refractivity contribution >= 4 is 29.1 Å². The molecule has 3 N–H and O–H groups in total. The van der Waals surface area contributed by atoms with Crippen molar-refractivity contribution in [2.75, 3.05) is 20.3 Å². The summed E-state index contributed by atoms with van der Waals surface area (Å²) in [5.74, 6) is 0.0337. The molecule has 0 bridgehead atoms. The maximum absolute atomic E-state index is 11.3.